The Balaban J connectivity index is 2.14. The number of hydrogen-bond acceptors (Lipinski definition) is 3. The van der Waals surface area contributed by atoms with Crippen molar-refractivity contribution in [2.75, 3.05) is 32.9 Å². The first-order valence-electron chi connectivity index (χ1n) is 6.91. The number of benzene rings is 1. The molecule has 5 heteroatoms. The summed E-state index contributed by atoms with van der Waals surface area (Å²) in [4.78, 5) is 16.2. The number of halogens is 1. The zero-order valence-corrected chi connectivity index (χ0v) is 12.3. The van der Waals surface area contributed by atoms with Crippen molar-refractivity contribution in [1.82, 2.24) is 9.80 Å². The van der Waals surface area contributed by atoms with Crippen molar-refractivity contribution in [2.24, 2.45) is 0 Å². The molecule has 1 aliphatic heterocycles. The first-order valence-corrected chi connectivity index (χ1v) is 6.91. The van der Waals surface area contributed by atoms with E-state index in [9.17, 15) is 9.18 Å². The number of nitrogens with zero attached hydrogens (tertiary/aromatic N) is 2. The molecule has 0 aromatic heterocycles. The van der Waals surface area contributed by atoms with Gasteiger partial charge in [0.15, 0.2) is 0 Å². The summed E-state index contributed by atoms with van der Waals surface area (Å²) < 4.78 is 14.1. The van der Waals surface area contributed by atoms with Crippen molar-refractivity contribution in [3.8, 4) is 0 Å². The molecule has 110 valence electrons. The summed E-state index contributed by atoms with van der Waals surface area (Å²) in [6.07, 6.45) is 2.22. The number of carbonyl (C=O) groups is 1. The van der Waals surface area contributed by atoms with Gasteiger partial charge in [0.25, 0.3) is 5.91 Å². The molecule has 1 amide bonds. The van der Waals surface area contributed by atoms with Crippen molar-refractivity contribution >= 4 is 11.6 Å². The van der Waals surface area contributed by atoms with E-state index in [2.05, 4.69) is 11.9 Å². The maximum absolute atomic E-state index is 14.1. The molecule has 1 atom stereocenters. The molecule has 1 aliphatic rings. The molecule has 1 heterocycles. The number of hydrogen-bond donors (Lipinski definition) is 1. The van der Waals surface area contributed by atoms with Crippen LogP contribution in [0.25, 0.3) is 0 Å². The molecular formula is C15H22FN3O. The van der Waals surface area contributed by atoms with E-state index in [1.54, 1.807) is 18.9 Å². The zero-order chi connectivity index (χ0) is 14.9. The summed E-state index contributed by atoms with van der Waals surface area (Å²) in [7, 11) is 3.77. The molecule has 1 saturated heterocycles. The number of amides is 1. The van der Waals surface area contributed by atoms with Crippen LogP contribution >= 0.6 is 0 Å². The summed E-state index contributed by atoms with van der Waals surface area (Å²) in [5, 5.41) is 0. The Hall–Kier alpha value is -1.62. The summed E-state index contributed by atoms with van der Waals surface area (Å²) >= 11 is 0. The molecule has 1 fully saturated rings. The minimum absolute atomic E-state index is 0.0608. The molecule has 0 saturated carbocycles. The van der Waals surface area contributed by atoms with Crippen LogP contribution in [0.1, 0.15) is 28.8 Å². The molecule has 1 aromatic carbocycles. The van der Waals surface area contributed by atoms with Gasteiger partial charge in [-0.2, -0.15) is 0 Å². The molecule has 1 aromatic rings. The quantitative estimate of drug-likeness (QED) is 0.860. The van der Waals surface area contributed by atoms with E-state index in [1.165, 1.54) is 12.1 Å². The van der Waals surface area contributed by atoms with Gasteiger partial charge in [-0.25, -0.2) is 4.39 Å². The van der Waals surface area contributed by atoms with Crippen molar-refractivity contribution < 1.29 is 9.18 Å². The molecule has 20 heavy (non-hydrogen) atoms. The summed E-state index contributed by atoms with van der Waals surface area (Å²) in [6.45, 7) is 3.29. The first-order chi connectivity index (χ1) is 9.40. The number of likely N-dealkylation sites (tertiary alicyclic amines) is 1. The van der Waals surface area contributed by atoms with E-state index in [0.717, 1.165) is 19.4 Å². The second kappa shape index (κ2) is 5.79. The third-order valence-electron chi connectivity index (χ3n) is 4.01. The molecule has 1 unspecified atom stereocenters. The fourth-order valence-electron chi connectivity index (χ4n) is 2.77. The fourth-order valence-corrected chi connectivity index (χ4v) is 2.77. The third-order valence-corrected chi connectivity index (χ3v) is 4.01. The monoisotopic (exact) mass is 279 g/mol. The van der Waals surface area contributed by atoms with Crippen molar-refractivity contribution in [3.05, 3.63) is 29.1 Å². The molecule has 0 bridgehead atoms. The molecule has 0 spiro atoms. The van der Waals surface area contributed by atoms with E-state index >= 15 is 0 Å². The lowest BCUT2D eigenvalue weighted by atomic mass is 10.1. The molecule has 4 nitrogen and oxygen atoms in total. The normalized spacial score (nSPS) is 19.3. The summed E-state index contributed by atoms with van der Waals surface area (Å²) in [6, 6.07) is 3.31. The van der Waals surface area contributed by atoms with E-state index < -0.39 is 5.82 Å². The smallest absolute Gasteiger partial charge is 0.256 e. The Bertz CT molecular complexity index is 518. The predicted octanol–water partition coefficient (Wildman–Crippen LogP) is 1.88. The number of nitrogen functional groups attached to an aromatic ring is 1. The van der Waals surface area contributed by atoms with Gasteiger partial charge in [-0.1, -0.05) is 0 Å². The van der Waals surface area contributed by atoms with Crippen LogP contribution in [0.4, 0.5) is 10.1 Å². The standard InChI is InChI=1S/C15H22FN3O/c1-10-7-11(17)8-13(14(10)16)15(20)19(3)9-12-5-4-6-18(12)2/h7-8,12H,4-6,9,17H2,1-3H3. The van der Waals surface area contributed by atoms with Gasteiger partial charge in [0, 0.05) is 25.3 Å². The van der Waals surface area contributed by atoms with Crippen LogP contribution < -0.4 is 5.73 Å². The van der Waals surface area contributed by atoms with Gasteiger partial charge >= 0.3 is 0 Å². The van der Waals surface area contributed by atoms with Gasteiger partial charge in [-0.3, -0.25) is 4.79 Å². The molecular weight excluding hydrogens is 257 g/mol. The van der Waals surface area contributed by atoms with Crippen LogP contribution in [-0.2, 0) is 0 Å². The number of aryl methyl sites for hydroxylation is 1. The van der Waals surface area contributed by atoms with Gasteiger partial charge < -0.3 is 15.5 Å². The van der Waals surface area contributed by atoms with Gasteiger partial charge in [0.05, 0.1) is 5.56 Å². The van der Waals surface area contributed by atoms with Crippen molar-refractivity contribution in [3.63, 3.8) is 0 Å². The number of anilines is 1. The van der Waals surface area contributed by atoms with E-state index in [0.29, 0.717) is 23.8 Å². The Kier molecular flexibility index (Phi) is 4.28. The van der Waals surface area contributed by atoms with Gasteiger partial charge in [0.1, 0.15) is 5.82 Å². The van der Waals surface area contributed by atoms with Crippen LogP contribution in [-0.4, -0.2) is 48.9 Å². The van der Waals surface area contributed by atoms with Crippen LogP contribution in [0.3, 0.4) is 0 Å². The Morgan fingerprint density at radius 2 is 2.25 bits per heavy atom. The van der Waals surface area contributed by atoms with E-state index in [1.807, 2.05) is 0 Å². The zero-order valence-electron chi connectivity index (χ0n) is 12.3. The lowest BCUT2D eigenvalue weighted by Gasteiger charge is -2.26. The number of likely N-dealkylation sites (N-methyl/N-ethyl adjacent to an activating group) is 2. The lowest BCUT2D eigenvalue weighted by molar-refractivity contribution is 0.0756. The maximum atomic E-state index is 14.1. The highest BCUT2D eigenvalue weighted by molar-refractivity contribution is 5.95. The first kappa shape index (κ1) is 14.8. The van der Waals surface area contributed by atoms with Crippen molar-refractivity contribution in [1.29, 1.82) is 0 Å². The Morgan fingerprint density at radius 1 is 1.55 bits per heavy atom. The van der Waals surface area contributed by atoms with Crippen LogP contribution in [0.2, 0.25) is 0 Å². The topological polar surface area (TPSA) is 49.6 Å². The van der Waals surface area contributed by atoms with Gasteiger partial charge in [-0.15, -0.1) is 0 Å². The van der Waals surface area contributed by atoms with E-state index in [4.69, 9.17) is 5.73 Å². The highest BCUT2D eigenvalue weighted by Gasteiger charge is 2.25. The number of carbonyl (C=O) groups excluding carboxylic acids is 1. The number of nitrogens with two attached hydrogens (primary N) is 1. The highest BCUT2D eigenvalue weighted by Crippen LogP contribution is 2.20. The third kappa shape index (κ3) is 2.93. The SMILES string of the molecule is Cc1cc(N)cc(C(=O)N(C)CC2CCCN2C)c1F. The van der Waals surface area contributed by atoms with Crippen LogP contribution in [0.5, 0.6) is 0 Å². The lowest BCUT2D eigenvalue weighted by Crippen LogP contribution is -2.39. The molecule has 0 aliphatic carbocycles. The van der Waals surface area contributed by atoms with E-state index in [-0.39, 0.29) is 11.5 Å². The van der Waals surface area contributed by atoms with Gasteiger partial charge in [-0.05, 0) is 51.1 Å². The summed E-state index contributed by atoms with van der Waals surface area (Å²) in [5.41, 5.74) is 6.59. The average Bonchev–Trinajstić information content (AvgIpc) is 2.78. The highest BCUT2D eigenvalue weighted by atomic mass is 19.1. The maximum Gasteiger partial charge on any atom is 0.256 e. The largest absolute Gasteiger partial charge is 0.399 e. The summed E-state index contributed by atoms with van der Waals surface area (Å²) in [5.74, 6) is -0.783. The van der Waals surface area contributed by atoms with Gasteiger partial charge in [0.2, 0.25) is 0 Å². The van der Waals surface area contributed by atoms with Crippen molar-refractivity contribution in [2.45, 2.75) is 25.8 Å². The van der Waals surface area contributed by atoms with Crippen LogP contribution in [0.15, 0.2) is 12.1 Å². The average molecular weight is 279 g/mol. The minimum Gasteiger partial charge on any atom is -0.399 e. The second-order valence-corrected chi connectivity index (χ2v) is 5.66. The fraction of sp³-hybridized carbons (Fsp3) is 0.533. The Labute approximate surface area is 119 Å². The number of rotatable bonds is 3. The predicted molar refractivity (Wildman–Crippen MR) is 78.2 cm³/mol. The molecule has 2 rings (SSSR count). The minimum atomic E-state index is -0.476. The molecule has 0 radical (unpaired) electrons. The Morgan fingerprint density at radius 3 is 2.85 bits per heavy atom. The molecule has 2 N–H and O–H groups in total. The van der Waals surface area contributed by atoms with Crippen LogP contribution in [0, 0.1) is 12.7 Å². The second-order valence-electron chi connectivity index (χ2n) is 5.66.